The van der Waals surface area contributed by atoms with Crippen molar-refractivity contribution in [1.29, 1.82) is 0 Å². The van der Waals surface area contributed by atoms with Crippen LogP contribution in [0.25, 0.3) is 0 Å². The smallest absolute Gasteiger partial charge is 0.224 e. The molecule has 0 radical (unpaired) electrons. The highest BCUT2D eigenvalue weighted by Gasteiger charge is 2.09. The summed E-state index contributed by atoms with van der Waals surface area (Å²) in [4.78, 5) is 11.8. The summed E-state index contributed by atoms with van der Waals surface area (Å²) in [6, 6.07) is 5.92. The molecule has 0 bridgehead atoms. The number of hydrogen-bond donors (Lipinski definition) is 2. The third kappa shape index (κ3) is 4.19. The lowest BCUT2D eigenvalue weighted by Gasteiger charge is -2.12. The van der Waals surface area contributed by atoms with E-state index in [9.17, 15) is 4.79 Å². The maximum Gasteiger partial charge on any atom is 0.224 e. The minimum Gasteiger partial charge on any atom is -0.326 e. The van der Waals surface area contributed by atoms with Crippen LogP contribution in [0.4, 0.5) is 5.69 Å². The molecule has 0 aliphatic heterocycles. The molecule has 0 fully saturated rings. The van der Waals surface area contributed by atoms with E-state index in [0.717, 1.165) is 23.2 Å². The van der Waals surface area contributed by atoms with Gasteiger partial charge in [-0.1, -0.05) is 32.4 Å². The molecule has 17 heavy (non-hydrogen) atoms. The lowest BCUT2D eigenvalue weighted by atomic mass is 10.0. The molecular formula is C14H22N2O. The number of nitrogens with one attached hydrogen (secondary N) is 1. The molecule has 1 amide bonds. The van der Waals surface area contributed by atoms with Crippen LogP contribution in [0.2, 0.25) is 0 Å². The average molecular weight is 234 g/mol. The minimum absolute atomic E-state index is 0.0802. The summed E-state index contributed by atoms with van der Waals surface area (Å²) >= 11 is 0. The summed E-state index contributed by atoms with van der Waals surface area (Å²) < 4.78 is 0. The maximum atomic E-state index is 11.8. The van der Waals surface area contributed by atoms with Gasteiger partial charge in [-0.05, 0) is 30.0 Å². The molecule has 0 aliphatic carbocycles. The molecule has 0 saturated heterocycles. The summed E-state index contributed by atoms with van der Waals surface area (Å²) in [7, 11) is 0. The SMILES string of the molecule is CCC(C)CC(=O)Nc1cc(CN)ccc1C. The van der Waals surface area contributed by atoms with Gasteiger partial charge < -0.3 is 11.1 Å². The zero-order valence-corrected chi connectivity index (χ0v) is 10.9. The van der Waals surface area contributed by atoms with Gasteiger partial charge in [0.1, 0.15) is 0 Å². The van der Waals surface area contributed by atoms with Crippen molar-refractivity contribution in [2.24, 2.45) is 11.7 Å². The van der Waals surface area contributed by atoms with Gasteiger partial charge in [-0.25, -0.2) is 0 Å². The van der Waals surface area contributed by atoms with E-state index in [0.29, 0.717) is 18.9 Å². The predicted molar refractivity (Wildman–Crippen MR) is 71.8 cm³/mol. The van der Waals surface area contributed by atoms with Crippen LogP contribution >= 0.6 is 0 Å². The Balaban J connectivity index is 2.70. The average Bonchev–Trinajstić information content (AvgIpc) is 2.31. The third-order valence-electron chi connectivity index (χ3n) is 3.04. The monoisotopic (exact) mass is 234 g/mol. The molecule has 1 aromatic rings. The number of rotatable bonds is 5. The fourth-order valence-corrected chi connectivity index (χ4v) is 1.59. The first-order valence-corrected chi connectivity index (χ1v) is 6.16. The second-order valence-corrected chi connectivity index (χ2v) is 4.62. The van der Waals surface area contributed by atoms with E-state index < -0.39 is 0 Å². The molecule has 1 atom stereocenters. The van der Waals surface area contributed by atoms with Crippen molar-refractivity contribution in [2.75, 3.05) is 5.32 Å². The number of amides is 1. The highest BCUT2D eigenvalue weighted by atomic mass is 16.1. The van der Waals surface area contributed by atoms with E-state index in [-0.39, 0.29) is 5.91 Å². The Morgan fingerprint density at radius 3 is 2.76 bits per heavy atom. The van der Waals surface area contributed by atoms with E-state index in [1.807, 2.05) is 25.1 Å². The predicted octanol–water partition coefficient (Wildman–Crippen LogP) is 2.83. The Labute approximate surface area is 103 Å². The van der Waals surface area contributed by atoms with Crippen molar-refractivity contribution in [3.8, 4) is 0 Å². The van der Waals surface area contributed by atoms with Gasteiger partial charge >= 0.3 is 0 Å². The zero-order valence-electron chi connectivity index (χ0n) is 10.9. The first-order valence-electron chi connectivity index (χ1n) is 6.16. The summed E-state index contributed by atoms with van der Waals surface area (Å²) in [5, 5.41) is 2.96. The van der Waals surface area contributed by atoms with Crippen LogP contribution < -0.4 is 11.1 Å². The third-order valence-corrected chi connectivity index (χ3v) is 3.04. The van der Waals surface area contributed by atoms with Crippen molar-refractivity contribution in [2.45, 2.75) is 40.2 Å². The van der Waals surface area contributed by atoms with E-state index in [1.165, 1.54) is 0 Å². The molecule has 0 aliphatic rings. The number of benzene rings is 1. The Morgan fingerprint density at radius 1 is 1.47 bits per heavy atom. The number of carbonyl (C=O) groups is 1. The van der Waals surface area contributed by atoms with Gasteiger partial charge in [0.15, 0.2) is 0 Å². The first-order chi connectivity index (χ1) is 8.06. The second-order valence-electron chi connectivity index (χ2n) is 4.62. The van der Waals surface area contributed by atoms with Crippen LogP contribution in [-0.4, -0.2) is 5.91 Å². The van der Waals surface area contributed by atoms with Gasteiger partial charge in [0, 0.05) is 18.7 Å². The molecule has 1 aromatic carbocycles. The van der Waals surface area contributed by atoms with Crippen molar-refractivity contribution < 1.29 is 4.79 Å². The van der Waals surface area contributed by atoms with Crippen LogP contribution in [0.5, 0.6) is 0 Å². The van der Waals surface area contributed by atoms with Crippen LogP contribution in [-0.2, 0) is 11.3 Å². The summed E-state index contributed by atoms with van der Waals surface area (Å²) in [5.41, 5.74) is 8.57. The highest BCUT2D eigenvalue weighted by molar-refractivity contribution is 5.91. The van der Waals surface area contributed by atoms with Gasteiger partial charge in [-0.3, -0.25) is 4.79 Å². The van der Waals surface area contributed by atoms with Gasteiger partial charge in [-0.15, -0.1) is 0 Å². The van der Waals surface area contributed by atoms with Crippen LogP contribution in [0.15, 0.2) is 18.2 Å². The van der Waals surface area contributed by atoms with Crippen LogP contribution in [0, 0.1) is 12.8 Å². The first kappa shape index (κ1) is 13.7. The largest absolute Gasteiger partial charge is 0.326 e. The molecule has 3 N–H and O–H groups in total. The van der Waals surface area contributed by atoms with Gasteiger partial charge in [-0.2, -0.15) is 0 Å². The Kier molecular flexibility index (Phi) is 5.16. The molecule has 1 rings (SSSR count). The number of anilines is 1. The normalized spacial score (nSPS) is 12.2. The van der Waals surface area contributed by atoms with Crippen LogP contribution in [0.1, 0.15) is 37.8 Å². The molecule has 0 saturated carbocycles. The van der Waals surface area contributed by atoms with E-state index in [2.05, 4.69) is 19.2 Å². The summed E-state index contributed by atoms with van der Waals surface area (Å²) in [5.74, 6) is 0.504. The van der Waals surface area contributed by atoms with Gasteiger partial charge in [0.05, 0.1) is 0 Å². The molecular weight excluding hydrogens is 212 g/mol. The highest BCUT2D eigenvalue weighted by Crippen LogP contribution is 2.18. The topological polar surface area (TPSA) is 55.1 Å². The van der Waals surface area contributed by atoms with E-state index in [4.69, 9.17) is 5.73 Å². The van der Waals surface area contributed by atoms with Crippen molar-refractivity contribution in [3.05, 3.63) is 29.3 Å². The van der Waals surface area contributed by atoms with Crippen molar-refractivity contribution in [1.82, 2.24) is 0 Å². The standard InChI is InChI=1S/C14H22N2O/c1-4-10(2)7-14(17)16-13-8-12(9-15)6-5-11(13)3/h5-6,8,10H,4,7,9,15H2,1-3H3,(H,16,17). The lowest BCUT2D eigenvalue weighted by Crippen LogP contribution is -2.15. The Hall–Kier alpha value is -1.35. The molecule has 94 valence electrons. The Morgan fingerprint density at radius 2 is 2.18 bits per heavy atom. The summed E-state index contributed by atoms with van der Waals surface area (Å²) in [6.07, 6.45) is 1.60. The number of nitrogens with two attached hydrogens (primary N) is 1. The molecule has 0 spiro atoms. The number of carbonyl (C=O) groups excluding carboxylic acids is 1. The van der Waals surface area contributed by atoms with Crippen molar-refractivity contribution >= 4 is 11.6 Å². The fraction of sp³-hybridized carbons (Fsp3) is 0.500. The molecule has 1 unspecified atom stereocenters. The lowest BCUT2D eigenvalue weighted by molar-refractivity contribution is -0.117. The summed E-state index contributed by atoms with van der Waals surface area (Å²) in [6.45, 7) is 6.66. The van der Waals surface area contributed by atoms with Crippen molar-refractivity contribution in [3.63, 3.8) is 0 Å². The van der Waals surface area contributed by atoms with Crippen LogP contribution in [0.3, 0.4) is 0 Å². The minimum atomic E-state index is 0.0802. The number of hydrogen-bond acceptors (Lipinski definition) is 2. The Bertz CT molecular complexity index is 388. The van der Waals surface area contributed by atoms with Gasteiger partial charge in [0.25, 0.3) is 0 Å². The van der Waals surface area contributed by atoms with E-state index in [1.54, 1.807) is 0 Å². The fourth-order valence-electron chi connectivity index (χ4n) is 1.59. The molecule has 3 nitrogen and oxygen atoms in total. The quantitative estimate of drug-likeness (QED) is 0.823. The molecule has 0 heterocycles. The zero-order chi connectivity index (χ0) is 12.8. The molecule has 0 aromatic heterocycles. The molecule has 3 heteroatoms. The second kappa shape index (κ2) is 6.40. The number of aryl methyl sites for hydroxylation is 1. The van der Waals surface area contributed by atoms with Gasteiger partial charge in [0.2, 0.25) is 5.91 Å². The maximum absolute atomic E-state index is 11.8. The van der Waals surface area contributed by atoms with E-state index >= 15 is 0 Å².